The number of rotatable bonds is 7. The van der Waals surface area contributed by atoms with Crippen LogP contribution in [-0.4, -0.2) is 36.8 Å². The molecule has 4 rings (SSSR count). The number of carbonyl (C=O) groups is 2. The molecule has 3 aromatic carbocycles. The second-order valence-corrected chi connectivity index (χ2v) is 9.90. The van der Waals surface area contributed by atoms with E-state index in [2.05, 4.69) is 5.32 Å². The highest BCUT2D eigenvalue weighted by atomic mass is 35.5. The molecule has 0 atom stereocenters. The molecular weight excluding hydrogens is 502 g/mol. The summed E-state index contributed by atoms with van der Waals surface area (Å²) in [6, 6.07) is 21.8. The van der Waals surface area contributed by atoms with Crippen molar-refractivity contribution in [3.05, 3.63) is 88.3 Å². The van der Waals surface area contributed by atoms with Crippen molar-refractivity contribution >= 4 is 74.9 Å². The van der Waals surface area contributed by atoms with E-state index < -0.39 is 0 Å². The van der Waals surface area contributed by atoms with E-state index in [1.54, 1.807) is 47.4 Å². The van der Waals surface area contributed by atoms with Crippen molar-refractivity contribution < 1.29 is 14.3 Å². The van der Waals surface area contributed by atoms with E-state index in [0.29, 0.717) is 25.7 Å². The van der Waals surface area contributed by atoms with Crippen LogP contribution < -0.4 is 19.9 Å². The number of thioether (sulfide) groups is 1. The standard InChI is InChI=1S/C26H22ClN3O3S2/c1-29(2)18-9-11-19(12-10-18)30-25(32)23(35-26(30)34)15-17-7-13-20(14-8-17)33-16-24(31)28-22-6-4-3-5-21(22)27/h3-15H,16H2,1-2H3,(H,28,31)/b23-15-. The van der Waals surface area contributed by atoms with E-state index in [1.807, 2.05) is 55.4 Å². The Hall–Kier alpha value is -3.33. The SMILES string of the molecule is CN(C)c1ccc(N2C(=O)/C(=C/c3ccc(OCC(=O)Nc4ccccc4Cl)cc3)SC2=S)cc1. The highest BCUT2D eigenvalue weighted by Gasteiger charge is 2.33. The number of hydrogen-bond donors (Lipinski definition) is 1. The van der Waals surface area contributed by atoms with Crippen LogP contribution in [0.1, 0.15) is 5.56 Å². The number of ether oxygens (including phenoxy) is 1. The zero-order valence-corrected chi connectivity index (χ0v) is 21.4. The van der Waals surface area contributed by atoms with Crippen molar-refractivity contribution in [3.8, 4) is 5.75 Å². The molecule has 3 aromatic rings. The predicted molar refractivity (Wildman–Crippen MR) is 148 cm³/mol. The van der Waals surface area contributed by atoms with Crippen LogP contribution in [0, 0.1) is 0 Å². The summed E-state index contributed by atoms with van der Waals surface area (Å²) >= 11 is 12.8. The van der Waals surface area contributed by atoms with Gasteiger partial charge in [0.25, 0.3) is 11.8 Å². The molecule has 0 radical (unpaired) electrons. The molecule has 0 spiro atoms. The smallest absolute Gasteiger partial charge is 0.270 e. The predicted octanol–water partition coefficient (Wildman–Crippen LogP) is 5.83. The van der Waals surface area contributed by atoms with Gasteiger partial charge in [-0.15, -0.1) is 0 Å². The van der Waals surface area contributed by atoms with Crippen molar-refractivity contribution in [2.45, 2.75) is 0 Å². The molecule has 9 heteroatoms. The van der Waals surface area contributed by atoms with Gasteiger partial charge in [0.2, 0.25) is 0 Å². The molecule has 0 saturated carbocycles. The summed E-state index contributed by atoms with van der Waals surface area (Å²) in [5.41, 5.74) is 3.13. The molecule has 0 aliphatic carbocycles. The highest BCUT2D eigenvalue weighted by molar-refractivity contribution is 8.27. The first-order valence-corrected chi connectivity index (χ1v) is 12.2. The fourth-order valence-corrected chi connectivity index (χ4v) is 4.78. The van der Waals surface area contributed by atoms with Crippen molar-refractivity contribution in [2.75, 3.05) is 35.8 Å². The maximum absolute atomic E-state index is 13.0. The molecule has 178 valence electrons. The molecule has 0 unspecified atom stereocenters. The van der Waals surface area contributed by atoms with Crippen molar-refractivity contribution in [2.24, 2.45) is 0 Å². The number of para-hydroxylation sites is 1. The number of nitrogens with zero attached hydrogens (tertiary/aromatic N) is 2. The van der Waals surface area contributed by atoms with E-state index in [-0.39, 0.29) is 18.4 Å². The van der Waals surface area contributed by atoms with E-state index in [9.17, 15) is 9.59 Å². The average molecular weight is 524 g/mol. The topological polar surface area (TPSA) is 61.9 Å². The molecular formula is C26H22ClN3O3S2. The molecule has 1 N–H and O–H groups in total. The summed E-state index contributed by atoms with van der Waals surface area (Å²) in [6.45, 7) is -0.157. The number of hydrogen-bond acceptors (Lipinski definition) is 6. The number of amides is 2. The van der Waals surface area contributed by atoms with Gasteiger partial charge >= 0.3 is 0 Å². The van der Waals surface area contributed by atoms with Gasteiger partial charge in [0, 0.05) is 19.8 Å². The maximum Gasteiger partial charge on any atom is 0.270 e. The number of halogens is 1. The Morgan fingerprint density at radius 2 is 1.77 bits per heavy atom. The Bertz CT molecular complexity index is 1290. The second kappa shape index (κ2) is 10.9. The molecule has 1 saturated heterocycles. The molecule has 35 heavy (non-hydrogen) atoms. The van der Waals surface area contributed by atoms with Gasteiger partial charge in [0.15, 0.2) is 10.9 Å². The summed E-state index contributed by atoms with van der Waals surface area (Å²) in [7, 11) is 3.92. The Balaban J connectivity index is 1.37. The zero-order valence-electron chi connectivity index (χ0n) is 19.0. The van der Waals surface area contributed by atoms with Crippen LogP contribution in [0.2, 0.25) is 5.02 Å². The highest BCUT2D eigenvalue weighted by Crippen LogP contribution is 2.36. The lowest BCUT2D eigenvalue weighted by Gasteiger charge is -2.17. The number of nitrogens with one attached hydrogen (secondary N) is 1. The number of carbonyl (C=O) groups excluding carboxylic acids is 2. The zero-order chi connectivity index (χ0) is 24.9. The number of anilines is 3. The van der Waals surface area contributed by atoms with E-state index in [1.165, 1.54) is 11.8 Å². The molecule has 1 heterocycles. The Labute approximate surface area is 218 Å². The van der Waals surface area contributed by atoms with Crippen LogP contribution >= 0.6 is 35.6 Å². The van der Waals surface area contributed by atoms with Crippen molar-refractivity contribution in [3.63, 3.8) is 0 Å². The van der Waals surface area contributed by atoms with Gasteiger partial charge in [-0.25, -0.2) is 0 Å². The lowest BCUT2D eigenvalue weighted by Crippen LogP contribution is -2.27. The Kier molecular flexibility index (Phi) is 7.75. The second-order valence-electron chi connectivity index (χ2n) is 7.81. The van der Waals surface area contributed by atoms with E-state index in [4.69, 9.17) is 28.6 Å². The van der Waals surface area contributed by atoms with Gasteiger partial charge in [-0.1, -0.05) is 59.8 Å². The van der Waals surface area contributed by atoms with Crippen LogP contribution in [0.25, 0.3) is 6.08 Å². The van der Waals surface area contributed by atoms with Gasteiger partial charge in [-0.05, 0) is 60.2 Å². The van der Waals surface area contributed by atoms with Crippen LogP contribution in [-0.2, 0) is 9.59 Å². The number of thiocarbonyl (C=S) groups is 1. The third kappa shape index (κ3) is 6.03. The fourth-order valence-electron chi connectivity index (χ4n) is 3.30. The van der Waals surface area contributed by atoms with Crippen LogP contribution in [0.3, 0.4) is 0 Å². The van der Waals surface area contributed by atoms with E-state index in [0.717, 1.165) is 16.9 Å². The van der Waals surface area contributed by atoms with Crippen LogP contribution in [0.4, 0.5) is 17.1 Å². The fraction of sp³-hybridized carbons (Fsp3) is 0.115. The molecule has 6 nitrogen and oxygen atoms in total. The largest absolute Gasteiger partial charge is 0.484 e. The Morgan fingerprint density at radius 1 is 1.09 bits per heavy atom. The molecule has 0 aromatic heterocycles. The van der Waals surface area contributed by atoms with Crippen molar-refractivity contribution in [1.82, 2.24) is 0 Å². The van der Waals surface area contributed by atoms with Crippen LogP contribution in [0.5, 0.6) is 5.75 Å². The summed E-state index contributed by atoms with van der Waals surface area (Å²) in [5.74, 6) is 0.0589. The molecule has 1 aliphatic heterocycles. The van der Waals surface area contributed by atoms with Gasteiger partial charge < -0.3 is 15.0 Å². The van der Waals surface area contributed by atoms with Crippen molar-refractivity contribution in [1.29, 1.82) is 0 Å². The average Bonchev–Trinajstić information content (AvgIpc) is 3.12. The summed E-state index contributed by atoms with van der Waals surface area (Å²) in [4.78, 5) is 29.2. The first kappa shape index (κ1) is 24.8. The quantitative estimate of drug-likeness (QED) is 0.310. The summed E-state index contributed by atoms with van der Waals surface area (Å²) in [6.07, 6.45) is 1.79. The first-order valence-electron chi connectivity index (χ1n) is 10.6. The summed E-state index contributed by atoms with van der Waals surface area (Å²) < 4.78 is 6.05. The minimum atomic E-state index is -0.315. The minimum absolute atomic E-state index is 0.157. The lowest BCUT2D eigenvalue weighted by molar-refractivity contribution is -0.118. The van der Waals surface area contributed by atoms with Gasteiger partial charge in [-0.2, -0.15) is 0 Å². The maximum atomic E-state index is 13.0. The lowest BCUT2D eigenvalue weighted by atomic mass is 10.2. The molecule has 1 aliphatic rings. The number of benzene rings is 3. The molecule has 1 fully saturated rings. The Morgan fingerprint density at radius 3 is 2.43 bits per heavy atom. The first-order chi connectivity index (χ1) is 16.8. The third-order valence-electron chi connectivity index (χ3n) is 5.11. The summed E-state index contributed by atoms with van der Waals surface area (Å²) in [5, 5.41) is 3.17. The molecule has 0 bridgehead atoms. The normalized spacial score (nSPS) is 14.4. The van der Waals surface area contributed by atoms with Gasteiger partial charge in [-0.3, -0.25) is 14.5 Å². The van der Waals surface area contributed by atoms with E-state index >= 15 is 0 Å². The van der Waals surface area contributed by atoms with Gasteiger partial charge in [0.05, 0.1) is 21.3 Å². The minimum Gasteiger partial charge on any atom is -0.484 e. The van der Waals surface area contributed by atoms with Gasteiger partial charge in [0.1, 0.15) is 5.75 Å². The third-order valence-corrected chi connectivity index (χ3v) is 6.75. The van der Waals surface area contributed by atoms with Crippen LogP contribution in [0.15, 0.2) is 77.7 Å². The monoisotopic (exact) mass is 523 g/mol. The molecule has 2 amide bonds.